The summed E-state index contributed by atoms with van der Waals surface area (Å²) in [6, 6.07) is 2.59. The molecule has 0 amide bonds. The van der Waals surface area contributed by atoms with E-state index < -0.39 is 0 Å². The smallest absolute Gasteiger partial charge is 0.0693 e. The molecule has 14 heavy (non-hydrogen) atoms. The maximum atomic E-state index is 9.35. The van der Waals surface area contributed by atoms with E-state index in [1.165, 1.54) is 5.57 Å². The van der Waals surface area contributed by atoms with Crippen molar-refractivity contribution in [3.05, 3.63) is 12.2 Å². The van der Waals surface area contributed by atoms with Crippen molar-refractivity contribution in [1.82, 2.24) is 0 Å². The summed E-state index contributed by atoms with van der Waals surface area (Å²) in [6.07, 6.45) is 2.18. The van der Waals surface area contributed by atoms with Crippen molar-refractivity contribution in [2.75, 3.05) is 0 Å². The third-order valence-corrected chi connectivity index (χ3v) is 4.89. The fourth-order valence-corrected chi connectivity index (χ4v) is 3.72. The number of nitriles is 1. The van der Waals surface area contributed by atoms with Gasteiger partial charge in [0.25, 0.3) is 0 Å². The van der Waals surface area contributed by atoms with Crippen LogP contribution in [0, 0.1) is 40.4 Å². The highest BCUT2D eigenvalue weighted by atomic mass is 14.6. The van der Waals surface area contributed by atoms with E-state index >= 15 is 0 Å². The number of hydrogen-bond acceptors (Lipinski definition) is 1. The van der Waals surface area contributed by atoms with Crippen molar-refractivity contribution in [2.45, 2.75) is 33.6 Å². The molecular weight excluding hydrogens is 170 g/mol. The number of fused-ring (bicyclic) bond motifs is 2. The zero-order valence-corrected chi connectivity index (χ0v) is 9.38. The molecule has 2 bridgehead atoms. The second-order valence-electron chi connectivity index (χ2n) is 5.44. The Bertz CT molecular complexity index is 312. The summed E-state index contributed by atoms with van der Waals surface area (Å²) < 4.78 is 0. The molecule has 0 aromatic carbocycles. The lowest BCUT2D eigenvalue weighted by Crippen LogP contribution is -2.31. The predicted molar refractivity (Wildman–Crippen MR) is 57.4 cm³/mol. The van der Waals surface area contributed by atoms with Crippen LogP contribution in [-0.2, 0) is 0 Å². The van der Waals surface area contributed by atoms with Gasteiger partial charge in [0.15, 0.2) is 0 Å². The highest BCUT2D eigenvalue weighted by Gasteiger charge is 2.58. The zero-order chi connectivity index (χ0) is 10.5. The molecule has 76 valence electrons. The Kier molecular flexibility index (Phi) is 2.00. The maximum Gasteiger partial charge on any atom is 0.0693 e. The second-order valence-corrected chi connectivity index (χ2v) is 5.44. The molecule has 1 nitrogen and oxygen atoms in total. The largest absolute Gasteiger partial charge is 0.198 e. The summed E-state index contributed by atoms with van der Waals surface area (Å²) in [4.78, 5) is 0. The Balaban J connectivity index is 2.33. The van der Waals surface area contributed by atoms with E-state index in [2.05, 4.69) is 33.4 Å². The fraction of sp³-hybridized carbons (Fsp3) is 0.769. The monoisotopic (exact) mass is 189 g/mol. The summed E-state index contributed by atoms with van der Waals surface area (Å²) >= 11 is 0. The Morgan fingerprint density at radius 1 is 1.43 bits per heavy atom. The second kappa shape index (κ2) is 2.86. The van der Waals surface area contributed by atoms with Crippen LogP contribution < -0.4 is 0 Å². The molecule has 5 unspecified atom stereocenters. The van der Waals surface area contributed by atoms with Gasteiger partial charge in [-0.2, -0.15) is 5.26 Å². The minimum absolute atomic E-state index is 0.0201. The Hall–Kier alpha value is -0.770. The molecule has 0 N–H and O–H groups in total. The topological polar surface area (TPSA) is 23.8 Å². The van der Waals surface area contributed by atoms with Crippen molar-refractivity contribution in [3.63, 3.8) is 0 Å². The van der Waals surface area contributed by atoms with E-state index in [0.717, 1.165) is 18.8 Å². The molecule has 0 heterocycles. The van der Waals surface area contributed by atoms with Gasteiger partial charge in [0, 0.05) is 0 Å². The van der Waals surface area contributed by atoms with Crippen molar-refractivity contribution in [1.29, 1.82) is 5.26 Å². The van der Waals surface area contributed by atoms with Crippen LogP contribution in [-0.4, -0.2) is 0 Å². The van der Waals surface area contributed by atoms with Crippen LogP contribution in [0.25, 0.3) is 0 Å². The normalized spacial score (nSPS) is 50.4. The van der Waals surface area contributed by atoms with Gasteiger partial charge in [0.2, 0.25) is 0 Å². The average molecular weight is 189 g/mol. The van der Waals surface area contributed by atoms with Crippen LogP contribution in [0.5, 0.6) is 0 Å². The van der Waals surface area contributed by atoms with Crippen LogP contribution in [0.3, 0.4) is 0 Å². The minimum Gasteiger partial charge on any atom is -0.198 e. The molecule has 0 radical (unpaired) electrons. The molecule has 2 rings (SSSR count). The van der Waals surface area contributed by atoms with E-state index in [1.807, 2.05) is 0 Å². The van der Waals surface area contributed by atoms with Crippen LogP contribution in [0.4, 0.5) is 0 Å². The van der Waals surface area contributed by atoms with Crippen molar-refractivity contribution in [3.8, 4) is 6.07 Å². The Labute approximate surface area is 86.8 Å². The number of allylic oxidation sites excluding steroid dienone is 1. The Morgan fingerprint density at radius 3 is 2.50 bits per heavy atom. The summed E-state index contributed by atoms with van der Waals surface area (Å²) in [5.41, 5.74) is 1.26. The van der Waals surface area contributed by atoms with Gasteiger partial charge >= 0.3 is 0 Å². The van der Waals surface area contributed by atoms with Gasteiger partial charge in [-0.25, -0.2) is 0 Å². The number of rotatable bonds is 1. The standard InChI is InChI=1S/C13H19N/c1-8(2)11-5-13(7-14)6-12(11)9(3)10(13)4/h9-12H,1,5-6H2,2-4H3. The molecule has 0 aliphatic heterocycles. The molecule has 2 aliphatic carbocycles. The van der Waals surface area contributed by atoms with Gasteiger partial charge in [-0.1, -0.05) is 26.0 Å². The van der Waals surface area contributed by atoms with Crippen LogP contribution in [0.1, 0.15) is 33.6 Å². The lowest BCUT2D eigenvalue weighted by Gasteiger charge is -2.35. The molecule has 5 atom stereocenters. The molecule has 0 aromatic heterocycles. The molecule has 0 spiro atoms. The van der Waals surface area contributed by atoms with Gasteiger partial charge in [-0.3, -0.25) is 0 Å². The quantitative estimate of drug-likeness (QED) is 0.580. The average Bonchev–Trinajstić information content (AvgIpc) is 2.65. The summed E-state index contributed by atoms with van der Waals surface area (Å²) in [7, 11) is 0. The van der Waals surface area contributed by atoms with E-state index in [4.69, 9.17) is 0 Å². The summed E-state index contributed by atoms with van der Waals surface area (Å²) in [5, 5.41) is 9.35. The third kappa shape index (κ3) is 1.00. The maximum absolute atomic E-state index is 9.35. The molecule has 0 aromatic rings. The minimum atomic E-state index is -0.0201. The van der Waals surface area contributed by atoms with E-state index in [9.17, 15) is 5.26 Å². The van der Waals surface area contributed by atoms with Crippen LogP contribution >= 0.6 is 0 Å². The Morgan fingerprint density at radius 2 is 2.07 bits per heavy atom. The van der Waals surface area contributed by atoms with Gasteiger partial charge in [-0.15, -0.1) is 0 Å². The first-order valence-electron chi connectivity index (χ1n) is 5.58. The first-order chi connectivity index (χ1) is 6.52. The highest BCUT2D eigenvalue weighted by Crippen LogP contribution is 2.63. The fourth-order valence-electron chi connectivity index (χ4n) is 3.72. The van der Waals surface area contributed by atoms with Crippen LogP contribution in [0.2, 0.25) is 0 Å². The van der Waals surface area contributed by atoms with E-state index in [1.54, 1.807) is 0 Å². The van der Waals surface area contributed by atoms with E-state index in [-0.39, 0.29) is 5.41 Å². The first kappa shape index (κ1) is 9.77. The first-order valence-corrected chi connectivity index (χ1v) is 5.58. The van der Waals surface area contributed by atoms with Gasteiger partial charge in [0.05, 0.1) is 11.5 Å². The number of nitrogens with zero attached hydrogens (tertiary/aromatic N) is 1. The molecule has 0 saturated heterocycles. The molecule has 2 saturated carbocycles. The third-order valence-electron chi connectivity index (χ3n) is 4.89. The van der Waals surface area contributed by atoms with Gasteiger partial charge < -0.3 is 0 Å². The molecular formula is C13H19N. The summed E-state index contributed by atoms with van der Waals surface area (Å²) in [6.45, 7) is 10.8. The van der Waals surface area contributed by atoms with Crippen molar-refractivity contribution < 1.29 is 0 Å². The molecule has 1 heteroatoms. The van der Waals surface area contributed by atoms with Crippen molar-refractivity contribution in [2.24, 2.45) is 29.1 Å². The molecule has 2 fully saturated rings. The van der Waals surface area contributed by atoms with E-state index in [0.29, 0.717) is 17.8 Å². The van der Waals surface area contributed by atoms with Crippen molar-refractivity contribution >= 4 is 0 Å². The zero-order valence-electron chi connectivity index (χ0n) is 9.38. The number of hydrogen-bond donors (Lipinski definition) is 0. The lowest BCUT2D eigenvalue weighted by molar-refractivity contribution is 0.172. The predicted octanol–water partition coefficient (Wildman–Crippen LogP) is 3.38. The highest BCUT2D eigenvalue weighted by molar-refractivity contribution is 5.21. The SMILES string of the molecule is C=C(C)C1CC2(C#N)CC1C(C)C2C. The van der Waals surface area contributed by atoms with Gasteiger partial charge in [-0.05, 0) is 43.4 Å². The summed E-state index contributed by atoms with van der Waals surface area (Å²) in [5.74, 6) is 2.61. The van der Waals surface area contributed by atoms with Gasteiger partial charge in [0.1, 0.15) is 0 Å². The van der Waals surface area contributed by atoms with Crippen LogP contribution in [0.15, 0.2) is 12.2 Å². The lowest BCUT2D eigenvalue weighted by atomic mass is 9.68. The molecule has 2 aliphatic rings.